The van der Waals surface area contributed by atoms with Crippen molar-refractivity contribution in [1.29, 1.82) is 0 Å². The lowest BCUT2D eigenvalue weighted by Gasteiger charge is -2.28. The van der Waals surface area contributed by atoms with Crippen LogP contribution in [-0.2, 0) is 4.74 Å². The second-order valence-corrected chi connectivity index (χ2v) is 3.93. The Bertz CT molecular complexity index is 135. The lowest BCUT2D eigenvalue weighted by Crippen LogP contribution is -2.37. The number of ether oxygens (including phenoxy) is 1. The Morgan fingerprint density at radius 2 is 1.71 bits per heavy atom. The van der Waals surface area contributed by atoms with Crippen LogP contribution in [0.15, 0.2) is 0 Å². The Morgan fingerprint density at radius 3 is 2.00 bits per heavy atom. The number of rotatable bonds is 7. The molecule has 3 N–H and O–H groups in total. The first-order valence-electron chi connectivity index (χ1n) is 5.60. The summed E-state index contributed by atoms with van der Waals surface area (Å²) in [4.78, 5) is 0. The Kier molecular flexibility index (Phi) is 7.15. The van der Waals surface area contributed by atoms with E-state index in [1.807, 2.05) is 6.92 Å². The summed E-state index contributed by atoms with van der Waals surface area (Å²) in [5.41, 5.74) is 5.67. The second-order valence-electron chi connectivity index (χ2n) is 3.93. The first-order chi connectivity index (χ1) is 6.56. The molecular formula is C11H25NO2. The van der Waals surface area contributed by atoms with Gasteiger partial charge in [-0.2, -0.15) is 0 Å². The van der Waals surface area contributed by atoms with E-state index in [1.54, 1.807) is 6.92 Å². The molecule has 0 rings (SSSR count). The van der Waals surface area contributed by atoms with E-state index in [4.69, 9.17) is 10.5 Å². The van der Waals surface area contributed by atoms with Gasteiger partial charge in [0.15, 0.2) is 0 Å². The normalized spacial score (nSPS) is 18.2. The second kappa shape index (κ2) is 7.21. The zero-order valence-electron chi connectivity index (χ0n) is 9.86. The summed E-state index contributed by atoms with van der Waals surface area (Å²) < 4.78 is 5.73. The van der Waals surface area contributed by atoms with Crippen LogP contribution in [0.3, 0.4) is 0 Å². The summed E-state index contributed by atoms with van der Waals surface area (Å²) in [5.74, 6) is 0.501. The van der Waals surface area contributed by atoms with Crippen LogP contribution in [0.1, 0.15) is 40.5 Å². The van der Waals surface area contributed by atoms with Gasteiger partial charge >= 0.3 is 0 Å². The van der Waals surface area contributed by atoms with Gasteiger partial charge in [0.2, 0.25) is 0 Å². The molecule has 0 radical (unpaired) electrons. The van der Waals surface area contributed by atoms with E-state index >= 15 is 0 Å². The van der Waals surface area contributed by atoms with E-state index in [1.165, 1.54) is 0 Å². The molecule has 0 bridgehead atoms. The lowest BCUT2D eigenvalue weighted by molar-refractivity contribution is -0.0792. The molecule has 86 valence electrons. The van der Waals surface area contributed by atoms with Crippen LogP contribution in [0.2, 0.25) is 0 Å². The van der Waals surface area contributed by atoms with Crippen LogP contribution in [0, 0.1) is 5.92 Å². The molecule has 0 heterocycles. The Hall–Kier alpha value is -0.120. The minimum absolute atomic E-state index is 0.0783. The minimum atomic E-state index is -0.432. The molecule has 3 nitrogen and oxygen atoms in total. The third-order valence-corrected chi connectivity index (χ3v) is 2.88. The summed E-state index contributed by atoms with van der Waals surface area (Å²) >= 11 is 0. The molecule has 0 aromatic rings. The molecule has 0 spiro atoms. The lowest BCUT2D eigenvalue weighted by atomic mass is 9.96. The van der Waals surface area contributed by atoms with Crippen molar-refractivity contribution < 1.29 is 9.84 Å². The van der Waals surface area contributed by atoms with Gasteiger partial charge in [0.25, 0.3) is 0 Å². The highest BCUT2D eigenvalue weighted by Crippen LogP contribution is 2.17. The highest BCUT2D eigenvalue weighted by molar-refractivity contribution is 4.71. The van der Waals surface area contributed by atoms with E-state index in [-0.39, 0.29) is 12.2 Å². The van der Waals surface area contributed by atoms with Crippen molar-refractivity contribution in [3.63, 3.8) is 0 Å². The van der Waals surface area contributed by atoms with Crippen molar-refractivity contribution in [2.45, 2.75) is 58.8 Å². The fourth-order valence-electron chi connectivity index (χ4n) is 1.56. The van der Waals surface area contributed by atoms with Crippen LogP contribution >= 0.6 is 0 Å². The van der Waals surface area contributed by atoms with Crippen LogP contribution < -0.4 is 5.73 Å². The Morgan fingerprint density at radius 1 is 1.21 bits per heavy atom. The molecule has 0 amide bonds. The molecule has 3 unspecified atom stereocenters. The molecule has 3 atom stereocenters. The van der Waals surface area contributed by atoms with Gasteiger partial charge in [-0.05, 0) is 19.8 Å². The third-order valence-electron chi connectivity index (χ3n) is 2.88. The molecule has 0 saturated heterocycles. The minimum Gasteiger partial charge on any atom is -0.391 e. The first-order valence-corrected chi connectivity index (χ1v) is 5.60. The van der Waals surface area contributed by atoms with E-state index in [9.17, 15) is 5.11 Å². The summed E-state index contributed by atoms with van der Waals surface area (Å²) in [5, 5.41) is 9.33. The molecule has 0 aromatic heterocycles. The average molecular weight is 203 g/mol. The summed E-state index contributed by atoms with van der Waals surface area (Å²) in [6.45, 7) is 8.45. The molecule has 0 aromatic carbocycles. The maximum atomic E-state index is 9.33. The van der Waals surface area contributed by atoms with Gasteiger partial charge in [0.1, 0.15) is 0 Å². The topological polar surface area (TPSA) is 55.5 Å². The highest BCUT2D eigenvalue weighted by atomic mass is 16.5. The van der Waals surface area contributed by atoms with Gasteiger partial charge in [-0.1, -0.05) is 26.7 Å². The third kappa shape index (κ3) is 4.40. The van der Waals surface area contributed by atoms with Gasteiger partial charge in [-0.15, -0.1) is 0 Å². The fourth-order valence-corrected chi connectivity index (χ4v) is 1.56. The maximum Gasteiger partial charge on any atom is 0.0807 e. The first kappa shape index (κ1) is 13.9. The number of hydrogen-bond acceptors (Lipinski definition) is 3. The van der Waals surface area contributed by atoms with Crippen LogP contribution in [-0.4, -0.2) is 30.0 Å². The average Bonchev–Trinajstić information content (AvgIpc) is 2.17. The molecule has 0 aliphatic carbocycles. The van der Waals surface area contributed by atoms with Gasteiger partial charge in [0, 0.05) is 6.54 Å². The molecule has 0 aliphatic rings. The molecule has 0 fully saturated rings. The zero-order valence-corrected chi connectivity index (χ0v) is 9.86. The largest absolute Gasteiger partial charge is 0.391 e. The fraction of sp³-hybridized carbons (Fsp3) is 1.00. The monoisotopic (exact) mass is 203 g/mol. The number of aliphatic hydroxyl groups excluding tert-OH is 1. The summed E-state index contributed by atoms with van der Waals surface area (Å²) in [6, 6.07) is 0. The molecule has 14 heavy (non-hydrogen) atoms. The number of hydrogen-bond donors (Lipinski definition) is 2. The highest BCUT2D eigenvalue weighted by Gasteiger charge is 2.21. The quantitative estimate of drug-likeness (QED) is 0.660. The molecule has 3 heteroatoms. The van der Waals surface area contributed by atoms with Crippen molar-refractivity contribution in [3.8, 4) is 0 Å². The van der Waals surface area contributed by atoms with Gasteiger partial charge in [-0.25, -0.2) is 0 Å². The van der Waals surface area contributed by atoms with Crippen molar-refractivity contribution in [2.24, 2.45) is 11.7 Å². The molecule has 0 aliphatic heterocycles. The standard InChI is InChI=1S/C11H25NO2/c1-5-10(6-2)11(7-12)14-9(4)8(3)13/h8-11,13H,5-7,12H2,1-4H3. The Labute approximate surface area is 87.6 Å². The zero-order chi connectivity index (χ0) is 11.1. The van der Waals surface area contributed by atoms with Crippen molar-refractivity contribution in [2.75, 3.05) is 6.54 Å². The van der Waals surface area contributed by atoms with E-state index < -0.39 is 6.10 Å². The van der Waals surface area contributed by atoms with Gasteiger partial charge < -0.3 is 15.6 Å². The maximum absolute atomic E-state index is 9.33. The van der Waals surface area contributed by atoms with Gasteiger partial charge in [-0.3, -0.25) is 0 Å². The predicted molar refractivity (Wildman–Crippen MR) is 59.1 cm³/mol. The van der Waals surface area contributed by atoms with E-state index in [2.05, 4.69) is 13.8 Å². The molecular weight excluding hydrogens is 178 g/mol. The smallest absolute Gasteiger partial charge is 0.0807 e. The van der Waals surface area contributed by atoms with Crippen molar-refractivity contribution in [1.82, 2.24) is 0 Å². The van der Waals surface area contributed by atoms with E-state index in [0.29, 0.717) is 12.5 Å². The van der Waals surface area contributed by atoms with Crippen LogP contribution in [0.5, 0.6) is 0 Å². The Balaban J connectivity index is 4.12. The van der Waals surface area contributed by atoms with Crippen LogP contribution in [0.4, 0.5) is 0 Å². The summed E-state index contributed by atoms with van der Waals surface area (Å²) in [6.07, 6.45) is 1.66. The van der Waals surface area contributed by atoms with E-state index in [0.717, 1.165) is 12.8 Å². The SMILES string of the molecule is CCC(CC)C(CN)OC(C)C(C)O. The number of aliphatic hydroxyl groups is 1. The van der Waals surface area contributed by atoms with Crippen molar-refractivity contribution in [3.05, 3.63) is 0 Å². The molecule has 0 saturated carbocycles. The number of nitrogens with two attached hydrogens (primary N) is 1. The predicted octanol–water partition coefficient (Wildman–Crippen LogP) is 1.54. The van der Waals surface area contributed by atoms with Crippen LogP contribution in [0.25, 0.3) is 0 Å². The van der Waals surface area contributed by atoms with Crippen molar-refractivity contribution >= 4 is 0 Å². The summed E-state index contributed by atoms with van der Waals surface area (Å²) in [7, 11) is 0. The van der Waals surface area contributed by atoms with Gasteiger partial charge in [0.05, 0.1) is 18.3 Å².